The van der Waals surface area contributed by atoms with Crippen LogP contribution in [0.5, 0.6) is 0 Å². The Morgan fingerprint density at radius 1 is 1.30 bits per heavy atom. The van der Waals surface area contributed by atoms with E-state index in [1.54, 1.807) is 7.11 Å². The number of rotatable bonds is 4. The molecule has 1 aromatic carbocycles. The molecule has 0 radical (unpaired) electrons. The predicted octanol–water partition coefficient (Wildman–Crippen LogP) is 2.97. The highest BCUT2D eigenvalue weighted by atomic mass is 16.5. The highest BCUT2D eigenvalue weighted by molar-refractivity contribution is 5.94. The van der Waals surface area contributed by atoms with Gasteiger partial charge in [0.25, 0.3) is 11.8 Å². The molecule has 1 unspecified atom stereocenters. The third-order valence-electron chi connectivity index (χ3n) is 4.08. The van der Waals surface area contributed by atoms with Crippen LogP contribution in [0.2, 0.25) is 0 Å². The number of carbonyl (C=O) groups is 1. The van der Waals surface area contributed by atoms with Crippen LogP contribution >= 0.6 is 0 Å². The molecule has 6 nitrogen and oxygen atoms in total. The van der Waals surface area contributed by atoms with Crippen molar-refractivity contribution in [2.24, 2.45) is 0 Å². The summed E-state index contributed by atoms with van der Waals surface area (Å²) in [5.41, 5.74) is 0.694. The molecule has 23 heavy (non-hydrogen) atoms. The van der Waals surface area contributed by atoms with Crippen LogP contribution in [-0.2, 0) is 11.3 Å². The number of ether oxygens (including phenoxy) is 1. The summed E-state index contributed by atoms with van der Waals surface area (Å²) in [4.78, 5) is 19.2. The molecule has 0 saturated carbocycles. The van der Waals surface area contributed by atoms with Gasteiger partial charge in [-0.2, -0.15) is 4.98 Å². The van der Waals surface area contributed by atoms with Crippen molar-refractivity contribution in [1.29, 1.82) is 0 Å². The van der Waals surface area contributed by atoms with E-state index in [4.69, 9.17) is 9.26 Å². The van der Waals surface area contributed by atoms with E-state index in [1.807, 2.05) is 35.2 Å². The zero-order valence-electron chi connectivity index (χ0n) is 13.3. The molecule has 2 aromatic rings. The van der Waals surface area contributed by atoms with Gasteiger partial charge < -0.3 is 14.2 Å². The molecule has 1 amide bonds. The minimum atomic E-state index is -0.139. The monoisotopic (exact) mass is 315 g/mol. The Balaban J connectivity index is 1.86. The summed E-state index contributed by atoms with van der Waals surface area (Å²) in [7, 11) is 1.58. The van der Waals surface area contributed by atoms with Crippen LogP contribution in [-0.4, -0.2) is 34.6 Å². The standard InChI is InChI=1S/C17H21N3O3/c1-22-12-15-18-16(19-23-15)14-10-6-3-7-11-20(14)17(21)13-8-4-2-5-9-13/h2,4-5,8-9,14H,3,6-7,10-12H2,1H3. The topological polar surface area (TPSA) is 68.5 Å². The second kappa shape index (κ2) is 7.37. The number of nitrogens with zero attached hydrogens (tertiary/aromatic N) is 3. The zero-order chi connectivity index (χ0) is 16.1. The maximum absolute atomic E-state index is 12.9. The van der Waals surface area contributed by atoms with Gasteiger partial charge in [-0.1, -0.05) is 36.2 Å². The number of hydrogen-bond donors (Lipinski definition) is 0. The smallest absolute Gasteiger partial charge is 0.254 e. The minimum Gasteiger partial charge on any atom is -0.375 e. The lowest BCUT2D eigenvalue weighted by Gasteiger charge is -2.27. The lowest BCUT2D eigenvalue weighted by atomic mass is 10.1. The van der Waals surface area contributed by atoms with E-state index >= 15 is 0 Å². The van der Waals surface area contributed by atoms with Crippen LogP contribution in [0.4, 0.5) is 0 Å². The van der Waals surface area contributed by atoms with Crippen LogP contribution in [0, 0.1) is 0 Å². The predicted molar refractivity (Wildman–Crippen MR) is 83.7 cm³/mol. The molecule has 0 spiro atoms. The van der Waals surface area contributed by atoms with Crippen molar-refractivity contribution in [3.8, 4) is 0 Å². The fraction of sp³-hybridized carbons (Fsp3) is 0.471. The van der Waals surface area contributed by atoms with Crippen LogP contribution in [0.1, 0.15) is 53.8 Å². The number of benzene rings is 1. The van der Waals surface area contributed by atoms with Gasteiger partial charge in [0.1, 0.15) is 6.61 Å². The lowest BCUT2D eigenvalue weighted by Crippen LogP contribution is -2.35. The Morgan fingerprint density at radius 3 is 2.91 bits per heavy atom. The molecule has 1 aliphatic heterocycles. The van der Waals surface area contributed by atoms with Crippen molar-refractivity contribution in [3.63, 3.8) is 0 Å². The van der Waals surface area contributed by atoms with E-state index in [2.05, 4.69) is 10.1 Å². The number of amides is 1. The van der Waals surface area contributed by atoms with E-state index in [0.717, 1.165) is 25.7 Å². The molecular formula is C17H21N3O3. The number of likely N-dealkylation sites (tertiary alicyclic amines) is 1. The van der Waals surface area contributed by atoms with Crippen molar-refractivity contribution >= 4 is 5.91 Å². The number of methoxy groups -OCH3 is 1. The van der Waals surface area contributed by atoms with Gasteiger partial charge in [0.05, 0.1) is 6.04 Å². The maximum Gasteiger partial charge on any atom is 0.254 e. The van der Waals surface area contributed by atoms with Gasteiger partial charge in [0.2, 0.25) is 0 Å². The molecule has 1 saturated heterocycles. The molecule has 1 aromatic heterocycles. The van der Waals surface area contributed by atoms with E-state index < -0.39 is 0 Å². The molecule has 3 rings (SSSR count). The summed E-state index contributed by atoms with van der Waals surface area (Å²) in [5.74, 6) is 1.04. The summed E-state index contributed by atoms with van der Waals surface area (Å²) >= 11 is 0. The van der Waals surface area contributed by atoms with Crippen LogP contribution in [0.15, 0.2) is 34.9 Å². The Morgan fingerprint density at radius 2 is 2.13 bits per heavy atom. The fourth-order valence-electron chi connectivity index (χ4n) is 2.95. The summed E-state index contributed by atoms with van der Waals surface area (Å²) in [5, 5.41) is 4.07. The fourth-order valence-corrected chi connectivity index (χ4v) is 2.95. The van der Waals surface area contributed by atoms with Crippen LogP contribution < -0.4 is 0 Å². The molecule has 6 heteroatoms. The Labute approximate surface area is 135 Å². The average Bonchev–Trinajstić information content (AvgIpc) is 2.91. The van der Waals surface area contributed by atoms with Gasteiger partial charge in [0, 0.05) is 19.2 Å². The van der Waals surface area contributed by atoms with E-state index in [-0.39, 0.29) is 18.6 Å². The summed E-state index contributed by atoms with van der Waals surface area (Å²) in [6.07, 6.45) is 4.01. The SMILES string of the molecule is COCc1nc(C2CCCCCN2C(=O)c2ccccc2)no1. The van der Waals surface area contributed by atoms with Crippen molar-refractivity contribution in [2.75, 3.05) is 13.7 Å². The van der Waals surface area contributed by atoms with Crippen LogP contribution in [0.3, 0.4) is 0 Å². The quantitative estimate of drug-likeness (QED) is 0.867. The van der Waals surface area contributed by atoms with Crippen LogP contribution in [0.25, 0.3) is 0 Å². The van der Waals surface area contributed by atoms with Gasteiger partial charge in [-0.25, -0.2) is 0 Å². The first-order chi connectivity index (χ1) is 11.3. The molecule has 0 aliphatic carbocycles. The molecule has 122 valence electrons. The highest BCUT2D eigenvalue weighted by Gasteiger charge is 2.30. The molecule has 2 heterocycles. The van der Waals surface area contributed by atoms with Gasteiger partial charge in [0.15, 0.2) is 5.82 Å². The van der Waals surface area contributed by atoms with Crippen molar-refractivity contribution in [3.05, 3.63) is 47.6 Å². The lowest BCUT2D eigenvalue weighted by molar-refractivity contribution is 0.0670. The van der Waals surface area contributed by atoms with Gasteiger partial charge in [-0.05, 0) is 25.0 Å². The highest BCUT2D eigenvalue weighted by Crippen LogP contribution is 2.29. The second-order valence-corrected chi connectivity index (χ2v) is 5.71. The van der Waals surface area contributed by atoms with Gasteiger partial charge >= 0.3 is 0 Å². The van der Waals surface area contributed by atoms with Gasteiger partial charge in [-0.15, -0.1) is 0 Å². The first kappa shape index (κ1) is 15.7. The molecule has 1 atom stereocenters. The molecular weight excluding hydrogens is 294 g/mol. The Hall–Kier alpha value is -2.21. The summed E-state index contributed by atoms with van der Waals surface area (Å²) in [6.45, 7) is 0.999. The maximum atomic E-state index is 12.9. The van der Waals surface area contributed by atoms with Crippen molar-refractivity contribution < 1.29 is 14.1 Å². The molecule has 1 fully saturated rings. The summed E-state index contributed by atoms with van der Waals surface area (Å²) < 4.78 is 10.2. The molecule has 0 bridgehead atoms. The Bertz CT molecular complexity index is 642. The van der Waals surface area contributed by atoms with Crippen molar-refractivity contribution in [1.82, 2.24) is 15.0 Å². The first-order valence-electron chi connectivity index (χ1n) is 7.97. The van der Waals surface area contributed by atoms with E-state index in [1.165, 1.54) is 0 Å². The van der Waals surface area contributed by atoms with E-state index in [0.29, 0.717) is 23.8 Å². The average molecular weight is 315 g/mol. The second-order valence-electron chi connectivity index (χ2n) is 5.71. The van der Waals surface area contributed by atoms with Gasteiger partial charge in [-0.3, -0.25) is 4.79 Å². The Kier molecular flexibility index (Phi) is 5.02. The number of hydrogen-bond acceptors (Lipinski definition) is 5. The normalized spacial score (nSPS) is 18.7. The molecule has 1 aliphatic rings. The first-order valence-corrected chi connectivity index (χ1v) is 7.97. The number of aromatic nitrogens is 2. The van der Waals surface area contributed by atoms with Crippen molar-refractivity contribution in [2.45, 2.75) is 38.3 Å². The third kappa shape index (κ3) is 3.59. The minimum absolute atomic E-state index is 0.0237. The zero-order valence-corrected chi connectivity index (χ0v) is 13.3. The molecule has 0 N–H and O–H groups in total. The third-order valence-corrected chi connectivity index (χ3v) is 4.08. The largest absolute Gasteiger partial charge is 0.375 e. The van der Waals surface area contributed by atoms with E-state index in [9.17, 15) is 4.79 Å². The summed E-state index contributed by atoms with van der Waals surface area (Å²) in [6, 6.07) is 9.22. The number of carbonyl (C=O) groups excluding carboxylic acids is 1.